The third-order valence-electron chi connectivity index (χ3n) is 2.00. The van der Waals surface area contributed by atoms with E-state index in [0.29, 0.717) is 18.6 Å². The van der Waals surface area contributed by atoms with Crippen LogP contribution in [0.2, 0.25) is 0 Å². The minimum Gasteiger partial charge on any atom is -0.411 e. The van der Waals surface area contributed by atoms with Gasteiger partial charge < -0.3 is 5.21 Å². The SMILES string of the molecule is CC1C(=NO)CCCS1(=O)=O. The molecule has 0 saturated carbocycles. The lowest BCUT2D eigenvalue weighted by atomic mass is 10.2. The summed E-state index contributed by atoms with van der Waals surface area (Å²) in [5.41, 5.74) is 0.385. The minimum absolute atomic E-state index is 0.215. The van der Waals surface area contributed by atoms with E-state index >= 15 is 0 Å². The van der Waals surface area contributed by atoms with Crippen LogP contribution in [-0.2, 0) is 9.84 Å². The summed E-state index contributed by atoms with van der Waals surface area (Å²) < 4.78 is 22.3. The Labute approximate surface area is 65.8 Å². The van der Waals surface area contributed by atoms with Crippen molar-refractivity contribution < 1.29 is 13.6 Å². The van der Waals surface area contributed by atoms with Crippen LogP contribution in [0.3, 0.4) is 0 Å². The molecule has 1 heterocycles. The summed E-state index contributed by atoms with van der Waals surface area (Å²) in [6.07, 6.45) is 1.17. The Hall–Kier alpha value is -0.580. The summed E-state index contributed by atoms with van der Waals surface area (Å²) in [6.45, 7) is 1.56. The van der Waals surface area contributed by atoms with Gasteiger partial charge in [-0.15, -0.1) is 0 Å². The molecule has 0 aliphatic carbocycles. The quantitative estimate of drug-likeness (QED) is 0.430. The molecule has 1 rings (SSSR count). The van der Waals surface area contributed by atoms with E-state index in [9.17, 15) is 8.42 Å². The number of hydrogen-bond acceptors (Lipinski definition) is 4. The first kappa shape index (κ1) is 8.52. The van der Waals surface area contributed by atoms with E-state index in [1.807, 2.05) is 0 Å². The second-order valence-corrected chi connectivity index (χ2v) is 5.15. The van der Waals surface area contributed by atoms with Crippen molar-refractivity contribution in [3.05, 3.63) is 0 Å². The maximum atomic E-state index is 11.2. The molecule has 1 unspecified atom stereocenters. The molecule has 0 radical (unpaired) electrons. The molecule has 1 aliphatic rings. The Morgan fingerprint density at radius 3 is 2.73 bits per heavy atom. The highest BCUT2D eigenvalue weighted by Gasteiger charge is 2.30. The Balaban J connectivity index is 2.94. The topological polar surface area (TPSA) is 66.7 Å². The molecule has 0 aromatic rings. The molecule has 0 spiro atoms. The highest BCUT2D eigenvalue weighted by molar-refractivity contribution is 7.92. The standard InChI is InChI=1S/C6H11NO3S/c1-5-6(7-8)3-2-4-11(5,9)10/h5,8H,2-4H2,1H3. The van der Waals surface area contributed by atoms with E-state index in [4.69, 9.17) is 5.21 Å². The predicted octanol–water partition coefficient (Wildman–Crippen LogP) is 0.414. The van der Waals surface area contributed by atoms with Gasteiger partial charge in [-0.1, -0.05) is 5.16 Å². The zero-order chi connectivity index (χ0) is 8.48. The molecular weight excluding hydrogens is 166 g/mol. The average Bonchev–Trinajstić information content (AvgIpc) is 1.95. The van der Waals surface area contributed by atoms with Crippen molar-refractivity contribution in [3.8, 4) is 0 Å². The van der Waals surface area contributed by atoms with Gasteiger partial charge in [0.25, 0.3) is 0 Å². The lowest BCUT2D eigenvalue weighted by Crippen LogP contribution is -2.34. The molecule has 1 aliphatic heterocycles. The molecule has 1 fully saturated rings. The fourth-order valence-corrected chi connectivity index (χ4v) is 2.65. The van der Waals surface area contributed by atoms with E-state index in [2.05, 4.69) is 5.16 Å². The van der Waals surface area contributed by atoms with Crippen LogP contribution in [0, 0.1) is 0 Å². The summed E-state index contributed by atoms with van der Waals surface area (Å²) in [6, 6.07) is 0. The van der Waals surface area contributed by atoms with E-state index in [0.717, 1.165) is 0 Å². The van der Waals surface area contributed by atoms with Gasteiger partial charge in [0, 0.05) is 0 Å². The highest BCUT2D eigenvalue weighted by atomic mass is 32.2. The zero-order valence-corrected chi connectivity index (χ0v) is 7.13. The Bertz CT molecular complexity index is 268. The number of oxime groups is 1. The lowest BCUT2D eigenvalue weighted by Gasteiger charge is -2.18. The number of sulfone groups is 1. The van der Waals surface area contributed by atoms with Crippen LogP contribution in [0.4, 0.5) is 0 Å². The van der Waals surface area contributed by atoms with Crippen molar-refractivity contribution in [1.82, 2.24) is 0 Å². The molecular formula is C6H11NO3S. The largest absolute Gasteiger partial charge is 0.411 e. The highest BCUT2D eigenvalue weighted by Crippen LogP contribution is 2.16. The lowest BCUT2D eigenvalue weighted by molar-refractivity contribution is 0.316. The van der Waals surface area contributed by atoms with Crippen molar-refractivity contribution in [1.29, 1.82) is 0 Å². The Morgan fingerprint density at radius 2 is 2.27 bits per heavy atom. The average molecular weight is 177 g/mol. The molecule has 0 aromatic heterocycles. The summed E-state index contributed by atoms with van der Waals surface area (Å²) in [4.78, 5) is 0. The second-order valence-electron chi connectivity index (χ2n) is 2.70. The molecule has 0 aromatic carbocycles. The summed E-state index contributed by atoms with van der Waals surface area (Å²) in [5.74, 6) is 0.215. The first-order valence-corrected chi connectivity index (χ1v) is 5.22. The molecule has 4 nitrogen and oxygen atoms in total. The van der Waals surface area contributed by atoms with Crippen molar-refractivity contribution in [2.75, 3.05) is 5.75 Å². The van der Waals surface area contributed by atoms with Gasteiger partial charge in [0.2, 0.25) is 0 Å². The van der Waals surface area contributed by atoms with Crippen molar-refractivity contribution in [3.63, 3.8) is 0 Å². The maximum absolute atomic E-state index is 11.2. The van der Waals surface area contributed by atoms with Crippen LogP contribution in [0.25, 0.3) is 0 Å². The van der Waals surface area contributed by atoms with Gasteiger partial charge in [-0.3, -0.25) is 0 Å². The van der Waals surface area contributed by atoms with Crippen LogP contribution >= 0.6 is 0 Å². The van der Waals surface area contributed by atoms with Gasteiger partial charge in [-0.05, 0) is 19.8 Å². The van der Waals surface area contributed by atoms with Crippen LogP contribution < -0.4 is 0 Å². The maximum Gasteiger partial charge on any atom is 0.158 e. The fraction of sp³-hybridized carbons (Fsp3) is 0.833. The third kappa shape index (κ3) is 1.53. The second kappa shape index (κ2) is 2.81. The summed E-state index contributed by atoms with van der Waals surface area (Å²) >= 11 is 0. The summed E-state index contributed by atoms with van der Waals surface area (Å²) in [7, 11) is -3.01. The van der Waals surface area contributed by atoms with E-state index in [1.165, 1.54) is 0 Å². The van der Waals surface area contributed by atoms with Gasteiger partial charge in [0.05, 0.1) is 16.7 Å². The minimum atomic E-state index is -3.01. The molecule has 1 saturated heterocycles. The Morgan fingerprint density at radius 1 is 1.64 bits per heavy atom. The molecule has 11 heavy (non-hydrogen) atoms. The van der Waals surface area contributed by atoms with Gasteiger partial charge >= 0.3 is 0 Å². The molecule has 64 valence electrons. The van der Waals surface area contributed by atoms with Crippen LogP contribution in [0.15, 0.2) is 5.16 Å². The van der Waals surface area contributed by atoms with Crippen LogP contribution in [-0.4, -0.2) is 30.3 Å². The van der Waals surface area contributed by atoms with Crippen LogP contribution in [0.1, 0.15) is 19.8 Å². The van der Waals surface area contributed by atoms with Crippen molar-refractivity contribution in [2.45, 2.75) is 25.0 Å². The number of rotatable bonds is 0. The Kier molecular flexibility index (Phi) is 2.17. The van der Waals surface area contributed by atoms with E-state index < -0.39 is 15.1 Å². The normalized spacial score (nSPS) is 33.9. The fourth-order valence-electron chi connectivity index (χ4n) is 1.17. The molecule has 1 atom stereocenters. The zero-order valence-electron chi connectivity index (χ0n) is 6.32. The number of nitrogens with zero attached hydrogens (tertiary/aromatic N) is 1. The molecule has 0 bridgehead atoms. The van der Waals surface area contributed by atoms with E-state index in [1.54, 1.807) is 6.92 Å². The van der Waals surface area contributed by atoms with Gasteiger partial charge in [-0.2, -0.15) is 0 Å². The van der Waals surface area contributed by atoms with Crippen molar-refractivity contribution >= 4 is 15.5 Å². The summed E-state index contributed by atoms with van der Waals surface area (Å²) in [5, 5.41) is 10.8. The van der Waals surface area contributed by atoms with Gasteiger partial charge in [0.15, 0.2) is 9.84 Å². The third-order valence-corrected chi connectivity index (χ3v) is 4.21. The first-order valence-electron chi connectivity index (χ1n) is 3.50. The first-order chi connectivity index (χ1) is 5.08. The van der Waals surface area contributed by atoms with E-state index in [-0.39, 0.29) is 5.75 Å². The smallest absolute Gasteiger partial charge is 0.158 e. The predicted molar refractivity (Wildman–Crippen MR) is 41.7 cm³/mol. The van der Waals surface area contributed by atoms with Gasteiger partial charge in [0.1, 0.15) is 0 Å². The number of hydrogen-bond donors (Lipinski definition) is 1. The van der Waals surface area contributed by atoms with Crippen LogP contribution in [0.5, 0.6) is 0 Å². The molecule has 0 amide bonds. The molecule has 5 heteroatoms. The van der Waals surface area contributed by atoms with Crippen molar-refractivity contribution in [2.24, 2.45) is 5.16 Å². The monoisotopic (exact) mass is 177 g/mol. The van der Waals surface area contributed by atoms with Gasteiger partial charge in [-0.25, -0.2) is 8.42 Å². The molecule has 1 N–H and O–H groups in total.